The highest BCUT2D eigenvalue weighted by Gasteiger charge is 2.56. The lowest BCUT2D eigenvalue weighted by molar-refractivity contribution is -0.122. The van der Waals surface area contributed by atoms with Crippen LogP contribution in [0.2, 0.25) is 0 Å². The molecule has 31 heavy (non-hydrogen) atoms. The molecule has 3 aromatic carbocycles. The van der Waals surface area contributed by atoms with Crippen LogP contribution in [-0.4, -0.2) is 18.9 Å². The van der Waals surface area contributed by atoms with Crippen molar-refractivity contribution in [1.29, 1.82) is 0 Å². The van der Waals surface area contributed by atoms with Crippen molar-refractivity contribution in [2.45, 2.75) is 24.7 Å². The number of ether oxygens (including phenoxy) is 1. The van der Waals surface area contributed by atoms with Crippen molar-refractivity contribution in [3.8, 4) is 5.75 Å². The van der Waals surface area contributed by atoms with Gasteiger partial charge in [-0.2, -0.15) is 0 Å². The first-order chi connectivity index (χ1) is 15.2. The van der Waals surface area contributed by atoms with E-state index in [1.54, 1.807) is 31.4 Å². The molecule has 1 saturated heterocycles. The number of fused-ring (bicyclic) bond motifs is 1. The molecule has 2 fully saturated rings. The molecule has 0 aromatic heterocycles. The van der Waals surface area contributed by atoms with Gasteiger partial charge in [-0.3, -0.25) is 14.5 Å². The van der Waals surface area contributed by atoms with Crippen molar-refractivity contribution in [2.75, 3.05) is 12.0 Å². The summed E-state index contributed by atoms with van der Waals surface area (Å²) in [5.41, 5.74) is 2.90. The molecule has 2 aliphatic rings. The summed E-state index contributed by atoms with van der Waals surface area (Å²) < 4.78 is 5.24. The van der Waals surface area contributed by atoms with Crippen LogP contribution in [0.4, 0.5) is 5.69 Å². The minimum Gasteiger partial charge on any atom is -0.497 e. The average Bonchev–Trinajstić information content (AvgIpc) is 3.10. The number of imide groups is 1. The maximum absolute atomic E-state index is 13.7. The van der Waals surface area contributed by atoms with Crippen molar-refractivity contribution >= 4 is 17.5 Å². The van der Waals surface area contributed by atoms with E-state index in [0.29, 0.717) is 11.4 Å². The van der Waals surface area contributed by atoms with Gasteiger partial charge in [-0.15, -0.1) is 0 Å². The number of rotatable bonds is 4. The Morgan fingerprint density at radius 2 is 1.13 bits per heavy atom. The fourth-order valence-electron chi connectivity index (χ4n) is 5.41. The smallest absolute Gasteiger partial charge is 0.238 e. The average molecular weight is 412 g/mol. The van der Waals surface area contributed by atoms with Crippen LogP contribution in [0, 0.1) is 11.8 Å². The summed E-state index contributed by atoms with van der Waals surface area (Å²) in [6.07, 6.45) is 1.78. The molecule has 2 amide bonds. The molecule has 4 heteroatoms. The minimum atomic E-state index is -0.351. The molecule has 0 radical (unpaired) electrons. The van der Waals surface area contributed by atoms with E-state index in [2.05, 4.69) is 24.3 Å². The molecule has 1 aliphatic carbocycles. The number of amides is 2. The summed E-state index contributed by atoms with van der Waals surface area (Å²) in [4.78, 5) is 28.9. The van der Waals surface area contributed by atoms with Gasteiger partial charge in [0.2, 0.25) is 11.8 Å². The van der Waals surface area contributed by atoms with Crippen molar-refractivity contribution in [3.05, 3.63) is 96.1 Å². The Hall–Kier alpha value is -3.40. The van der Waals surface area contributed by atoms with Crippen LogP contribution in [0.15, 0.2) is 84.9 Å². The first-order valence-corrected chi connectivity index (χ1v) is 10.8. The quantitative estimate of drug-likeness (QED) is 0.557. The van der Waals surface area contributed by atoms with Crippen LogP contribution in [0.5, 0.6) is 5.75 Å². The van der Waals surface area contributed by atoms with E-state index in [-0.39, 0.29) is 35.5 Å². The van der Waals surface area contributed by atoms with Crippen molar-refractivity contribution in [3.63, 3.8) is 0 Å². The highest BCUT2D eigenvalue weighted by Crippen LogP contribution is 2.53. The Morgan fingerprint density at radius 3 is 1.55 bits per heavy atom. The van der Waals surface area contributed by atoms with Gasteiger partial charge < -0.3 is 4.74 Å². The van der Waals surface area contributed by atoms with Gasteiger partial charge in [0.25, 0.3) is 0 Å². The number of hydrogen-bond donors (Lipinski definition) is 0. The summed E-state index contributed by atoms with van der Waals surface area (Å²) in [7, 11) is 1.60. The van der Waals surface area contributed by atoms with Gasteiger partial charge in [0, 0.05) is 0 Å². The Kier molecular flexibility index (Phi) is 5.06. The van der Waals surface area contributed by atoms with E-state index < -0.39 is 0 Å². The molecular formula is C27H25NO3. The Bertz CT molecular complexity index is 1010. The number of nitrogens with zero attached hydrogens (tertiary/aromatic N) is 1. The number of carbonyl (C=O) groups is 2. The van der Waals surface area contributed by atoms with Crippen molar-refractivity contribution in [2.24, 2.45) is 11.8 Å². The van der Waals surface area contributed by atoms with Gasteiger partial charge in [0.05, 0.1) is 24.6 Å². The van der Waals surface area contributed by atoms with Crippen LogP contribution in [0.3, 0.4) is 0 Å². The fourth-order valence-corrected chi connectivity index (χ4v) is 5.41. The summed E-state index contributed by atoms with van der Waals surface area (Å²) in [6.45, 7) is 0. The summed E-state index contributed by atoms with van der Waals surface area (Å²) in [5.74, 6) is -0.0856. The molecule has 0 spiro atoms. The van der Waals surface area contributed by atoms with Gasteiger partial charge in [0.15, 0.2) is 0 Å². The number of anilines is 1. The zero-order chi connectivity index (χ0) is 21.4. The lowest BCUT2D eigenvalue weighted by atomic mass is 9.64. The zero-order valence-corrected chi connectivity index (χ0v) is 17.5. The topological polar surface area (TPSA) is 46.6 Å². The predicted molar refractivity (Wildman–Crippen MR) is 120 cm³/mol. The Balaban J connectivity index is 1.58. The molecule has 1 saturated carbocycles. The van der Waals surface area contributed by atoms with E-state index in [1.165, 1.54) is 4.90 Å². The zero-order valence-electron chi connectivity index (χ0n) is 17.5. The third-order valence-corrected chi connectivity index (χ3v) is 6.84. The lowest BCUT2D eigenvalue weighted by Crippen LogP contribution is -2.34. The first-order valence-electron chi connectivity index (χ1n) is 10.8. The molecule has 0 unspecified atom stereocenters. The van der Waals surface area contributed by atoms with Gasteiger partial charge in [-0.1, -0.05) is 60.7 Å². The SMILES string of the molecule is COc1ccc(N2C(=O)[C@H]3[C@H](C2=O)[C@H](c2ccccc2)CC[C@H]3c2ccccc2)cc1. The fraction of sp³-hybridized carbons (Fsp3) is 0.259. The molecule has 1 aliphatic heterocycles. The van der Waals surface area contributed by atoms with E-state index >= 15 is 0 Å². The predicted octanol–water partition coefficient (Wildman–Crippen LogP) is 5.16. The minimum absolute atomic E-state index is 0.0471. The standard InChI is InChI=1S/C27H25NO3/c1-31-21-14-12-20(13-15-21)28-26(29)24-22(18-8-4-2-5-9-18)16-17-23(25(24)27(28)30)19-10-6-3-7-11-19/h2-15,22-25H,16-17H2,1H3/t22-,23-,24+,25+/m0/s1. The number of carbonyl (C=O) groups excluding carboxylic acids is 2. The maximum Gasteiger partial charge on any atom is 0.238 e. The van der Waals surface area contributed by atoms with Crippen molar-refractivity contribution in [1.82, 2.24) is 0 Å². The maximum atomic E-state index is 13.7. The van der Waals surface area contributed by atoms with Crippen LogP contribution >= 0.6 is 0 Å². The second-order valence-electron chi connectivity index (χ2n) is 8.37. The van der Waals surface area contributed by atoms with E-state index in [1.807, 2.05) is 36.4 Å². The van der Waals surface area contributed by atoms with Crippen LogP contribution in [-0.2, 0) is 9.59 Å². The normalized spacial score (nSPS) is 25.4. The Morgan fingerprint density at radius 1 is 0.677 bits per heavy atom. The highest BCUT2D eigenvalue weighted by atomic mass is 16.5. The van der Waals surface area contributed by atoms with Gasteiger partial charge in [-0.25, -0.2) is 0 Å². The molecule has 1 heterocycles. The van der Waals surface area contributed by atoms with E-state index in [4.69, 9.17) is 4.74 Å². The van der Waals surface area contributed by atoms with Gasteiger partial charge in [0.1, 0.15) is 5.75 Å². The van der Waals surface area contributed by atoms with E-state index in [0.717, 1.165) is 24.0 Å². The van der Waals surface area contributed by atoms with Crippen LogP contribution < -0.4 is 9.64 Å². The van der Waals surface area contributed by atoms with Gasteiger partial charge in [-0.05, 0) is 60.1 Å². The second-order valence-corrected chi connectivity index (χ2v) is 8.37. The molecule has 3 aromatic rings. The number of methoxy groups -OCH3 is 1. The monoisotopic (exact) mass is 411 g/mol. The largest absolute Gasteiger partial charge is 0.497 e. The third-order valence-electron chi connectivity index (χ3n) is 6.84. The molecule has 0 bridgehead atoms. The molecule has 4 atom stereocenters. The lowest BCUT2D eigenvalue weighted by Gasteiger charge is -2.37. The Labute approximate surface area is 182 Å². The highest BCUT2D eigenvalue weighted by molar-refractivity contribution is 6.22. The molecule has 4 nitrogen and oxygen atoms in total. The first kappa shape index (κ1) is 19.6. The molecule has 156 valence electrons. The third kappa shape index (κ3) is 3.32. The van der Waals surface area contributed by atoms with Crippen molar-refractivity contribution < 1.29 is 14.3 Å². The summed E-state index contributed by atoms with van der Waals surface area (Å²) in [5, 5.41) is 0. The summed E-state index contributed by atoms with van der Waals surface area (Å²) >= 11 is 0. The van der Waals surface area contributed by atoms with Crippen LogP contribution in [0.25, 0.3) is 0 Å². The number of benzene rings is 3. The number of hydrogen-bond acceptors (Lipinski definition) is 3. The van der Waals surface area contributed by atoms with Gasteiger partial charge >= 0.3 is 0 Å². The molecular weight excluding hydrogens is 386 g/mol. The van der Waals surface area contributed by atoms with Crippen LogP contribution in [0.1, 0.15) is 35.8 Å². The second kappa shape index (κ2) is 8.03. The summed E-state index contributed by atoms with van der Waals surface area (Å²) in [6, 6.07) is 27.5. The molecule has 5 rings (SSSR count). The van der Waals surface area contributed by atoms with E-state index in [9.17, 15) is 9.59 Å². The molecule has 0 N–H and O–H groups in total.